The fourth-order valence-electron chi connectivity index (χ4n) is 3.17. The first-order valence-electron chi connectivity index (χ1n) is 9.27. The summed E-state index contributed by atoms with van der Waals surface area (Å²) >= 11 is 0. The molecule has 0 spiro atoms. The lowest BCUT2D eigenvalue weighted by atomic mass is 9.94. The third kappa shape index (κ3) is 4.61. The van der Waals surface area contributed by atoms with Crippen molar-refractivity contribution < 1.29 is 24.1 Å². The zero-order valence-electron chi connectivity index (χ0n) is 16.0. The van der Waals surface area contributed by atoms with Gasteiger partial charge >= 0.3 is 11.8 Å². The van der Waals surface area contributed by atoms with E-state index in [9.17, 15) is 20.0 Å². The minimum atomic E-state index is -1.69. The summed E-state index contributed by atoms with van der Waals surface area (Å²) in [5, 5.41) is 20.2. The number of nitrogen functional groups attached to an aromatic ring is 1. The van der Waals surface area contributed by atoms with Crippen LogP contribution in [0.5, 0.6) is 0 Å². The Morgan fingerprint density at radius 2 is 2.21 bits per heavy atom. The van der Waals surface area contributed by atoms with Gasteiger partial charge < -0.3 is 25.1 Å². The van der Waals surface area contributed by atoms with Gasteiger partial charge in [-0.05, 0) is 18.9 Å². The number of aliphatic hydroxyl groups excluding tert-OH is 1. The molecule has 28 heavy (non-hydrogen) atoms. The highest BCUT2D eigenvalue weighted by Crippen LogP contribution is 2.31. The van der Waals surface area contributed by atoms with Crippen LogP contribution in [0.25, 0.3) is 0 Å². The molecule has 0 bridgehead atoms. The van der Waals surface area contributed by atoms with Gasteiger partial charge in [0.15, 0.2) is 5.54 Å². The smallest absolute Gasteiger partial charge is 0.431 e. The van der Waals surface area contributed by atoms with E-state index in [0.717, 1.165) is 30.3 Å². The molecular formula is C18H26N4O6. The number of carbonyl (C=O) groups excluding carboxylic acids is 1. The third-order valence-electron chi connectivity index (χ3n) is 4.66. The second-order valence-corrected chi connectivity index (χ2v) is 6.71. The van der Waals surface area contributed by atoms with E-state index >= 15 is 0 Å². The molecule has 1 aromatic rings. The van der Waals surface area contributed by atoms with Crippen LogP contribution in [-0.4, -0.2) is 52.3 Å². The van der Waals surface area contributed by atoms with Crippen molar-refractivity contribution in [3.8, 4) is 6.07 Å². The lowest BCUT2D eigenvalue weighted by Crippen LogP contribution is -2.51. The normalized spacial score (nSPS) is 24.1. The number of nitrogens with two attached hydrogens (primary N) is 1. The molecule has 1 aliphatic heterocycles. The SMILES string of the molecule is CCCC(CCC)OC(=O)OC[C@H]1OC[C@@](C#N)(n2ccc(N)nc2=O)[C@@H]1O. The van der Waals surface area contributed by atoms with E-state index in [1.807, 2.05) is 19.9 Å². The molecule has 10 heteroatoms. The Morgan fingerprint density at radius 3 is 2.79 bits per heavy atom. The molecular weight excluding hydrogens is 368 g/mol. The van der Waals surface area contributed by atoms with Crippen molar-refractivity contribution in [1.29, 1.82) is 5.26 Å². The van der Waals surface area contributed by atoms with Crippen molar-refractivity contribution >= 4 is 12.0 Å². The lowest BCUT2D eigenvalue weighted by molar-refractivity contribution is -0.0362. The first kappa shape index (κ1) is 21.7. The van der Waals surface area contributed by atoms with Gasteiger partial charge in [0, 0.05) is 6.20 Å². The molecule has 0 radical (unpaired) electrons. The zero-order valence-corrected chi connectivity index (χ0v) is 16.0. The molecule has 2 rings (SSSR count). The van der Waals surface area contributed by atoms with E-state index in [4.69, 9.17) is 19.9 Å². The first-order chi connectivity index (χ1) is 13.4. The average Bonchev–Trinajstić information content (AvgIpc) is 2.97. The van der Waals surface area contributed by atoms with Gasteiger partial charge in [0.2, 0.25) is 0 Å². The highest BCUT2D eigenvalue weighted by molar-refractivity contribution is 5.60. The number of aromatic nitrogens is 2. The molecule has 0 aromatic carbocycles. The quantitative estimate of drug-likeness (QED) is 0.614. The Kier molecular flexibility index (Phi) is 7.37. The Morgan fingerprint density at radius 1 is 1.54 bits per heavy atom. The van der Waals surface area contributed by atoms with Crippen LogP contribution in [-0.2, 0) is 19.7 Å². The monoisotopic (exact) mass is 394 g/mol. The van der Waals surface area contributed by atoms with Crippen LogP contribution in [0.15, 0.2) is 17.1 Å². The van der Waals surface area contributed by atoms with Crippen LogP contribution < -0.4 is 11.4 Å². The Hall–Kier alpha value is -2.64. The molecule has 0 aliphatic carbocycles. The number of aliphatic hydroxyl groups is 1. The first-order valence-corrected chi connectivity index (χ1v) is 9.27. The maximum absolute atomic E-state index is 12.1. The number of carbonyl (C=O) groups is 1. The van der Waals surface area contributed by atoms with E-state index in [1.54, 1.807) is 0 Å². The van der Waals surface area contributed by atoms with Crippen molar-refractivity contribution in [1.82, 2.24) is 9.55 Å². The second-order valence-electron chi connectivity index (χ2n) is 6.71. The van der Waals surface area contributed by atoms with Gasteiger partial charge in [0.25, 0.3) is 0 Å². The number of nitriles is 1. The van der Waals surface area contributed by atoms with Crippen LogP contribution in [0.3, 0.4) is 0 Å². The topological polar surface area (TPSA) is 150 Å². The molecule has 3 N–H and O–H groups in total. The summed E-state index contributed by atoms with van der Waals surface area (Å²) in [7, 11) is 0. The van der Waals surface area contributed by atoms with Gasteiger partial charge in [0.1, 0.15) is 30.7 Å². The van der Waals surface area contributed by atoms with Crippen LogP contribution in [0, 0.1) is 11.3 Å². The van der Waals surface area contributed by atoms with E-state index in [0.29, 0.717) is 0 Å². The molecule has 1 fully saturated rings. The predicted molar refractivity (Wildman–Crippen MR) is 98.3 cm³/mol. The van der Waals surface area contributed by atoms with Crippen molar-refractivity contribution in [3.05, 3.63) is 22.7 Å². The van der Waals surface area contributed by atoms with Gasteiger partial charge in [-0.2, -0.15) is 10.2 Å². The maximum Gasteiger partial charge on any atom is 0.508 e. The molecule has 0 unspecified atom stereocenters. The molecule has 10 nitrogen and oxygen atoms in total. The van der Waals surface area contributed by atoms with Crippen molar-refractivity contribution in [2.75, 3.05) is 18.9 Å². The third-order valence-corrected chi connectivity index (χ3v) is 4.66. The van der Waals surface area contributed by atoms with Crippen molar-refractivity contribution in [3.63, 3.8) is 0 Å². The fraction of sp³-hybridized carbons (Fsp3) is 0.667. The van der Waals surface area contributed by atoms with Gasteiger partial charge in [0.05, 0.1) is 12.7 Å². The minimum absolute atomic E-state index is 0.000846. The van der Waals surface area contributed by atoms with Gasteiger partial charge in [-0.3, -0.25) is 4.57 Å². The predicted octanol–water partition coefficient (Wildman–Crippen LogP) is 0.926. The summed E-state index contributed by atoms with van der Waals surface area (Å²) in [4.78, 5) is 27.6. The van der Waals surface area contributed by atoms with Crippen molar-refractivity contribution in [2.45, 2.75) is 63.4 Å². The average molecular weight is 394 g/mol. The molecule has 2 heterocycles. The highest BCUT2D eigenvalue weighted by atomic mass is 16.7. The van der Waals surface area contributed by atoms with Crippen LogP contribution in [0.4, 0.5) is 10.6 Å². The van der Waals surface area contributed by atoms with Crippen molar-refractivity contribution in [2.24, 2.45) is 0 Å². The summed E-state index contributed by atoms with van der Waals surface area (Å²) in [6, 6.07) is 3.27. The number of rotatable bonds is 8. The van der Waals surface area contributed by atoms with Crippen LogP contribution in [0.1, 0.15) is 39.5 Å². The van der Waals surface area contributed by atoms with E-state index < -0.39 is 29.6 Å². The van der Waals surface area contributed by atoms with Crippen LogP contribution in [0.2, 0.25) is 0 Å². The second kappa shape index (κ2) is 9.52. The Bertz CT molecular complexity index is 770. The Labute approximate surface area is 162 Å². The van der Waals surface area contributed by atoms with Gasteiger partial charge in [-0.15, -0.1) is 0 Å². The van der Waals surface area contributed by atoms with E-state index in [-0.39, 0.29) is 25.1 Å². The lowest BCUT2D eigenvalue weighted by Gasteiger charge is -2.26. The highest BCUT2D eigenvalue weighted by Gasteiger charge is 2.52. The number of hydrogen-bond donors (Lipinski definition) is 2. The van der Waals surface area contributed by atoms with Gasteiger partial charge in [-0.25, -0.2) is 9.59 Å². The molecule has 1 saturated heterocycles. The van der Waals surface area contributed by atoms with E-state index in [2.05, 4.69) is 4.98 Å². The maximum atomic E-state index is 12.1. The summed E-state index contributed by atoms with van der Waals surface area (Å²) in [5.74, 6) is -0.000846. The summed E-state index contributed by atoms with van der Waals surface area (Å²) in [6.07, 6.45) is 0.986. The molecule has 0 amide bonds. The molecule has 154 valence electrons. The number of nitrogens with zero attached hydrogens (tertiary/aromatic N) is 3. The molecule has 3 atom stereocenters. The standard InChI is InChI=1S/C18H26N4O6/c1-3-5-12(6-4-2)28-17(25)26-9-13-15(23)18(10-19,11-27-13)22-8-7-14(20)21-16(22)24/h7-8,12-13,15,23H,3-6,9,11H2,1-2H3,(H2,20,21,24)/t13-,15-,18-/m1/s1. The summed E-state index contributed by atoms with van der Waals surface area (Å²) in [5.41, 5.74) is 2.99. The van der Waals surface area contributed by atoms with Gasteiger partial charge in [-0.1, -0.05) is 26.7 Å². The zero-order chi connectivity index (χ0) is 20.7. The number of hydrogen-bond acceptors (Lipinski definition) is 9. The van der Waals surface area contributed by atoms with Crippen LogP contribution >= 0.6 is 0 Å². The van der Waals surface area contributed by atoms with E-state index in [1.165, 1.54) is 12.3 Å². The minimum Gasteiger partial charge on any atom is -0.431 e. The number of ether oxygens (including phenoxy) is 3. The Balaban J connectivity index is 2.03. The molecule has 0 saturated carbocycles. The fourth-order valence-corrected chi connectivity index (χ4v) is 3.17. The number of anilines is 1. The summed E-state index contributed by atoms with van der Waals surface area (Å²) in [6.45, 7) is 3.41. The molecule has 1 aromatic heterocycles. The largest absolute Gasteiger partial charge is 0.508 e. The summed E-state index contributed by atoms with van der Waals surface area (Å²) < 4.78 is 16.8. The molecule has 1 aliphatic rings.